The summed E-state index contributed by atoms with van der Waals surface area (Å²) < 4.78 is 1.83. The lowest BCUT2D eigenvalue weighted by Gasteiger charge is -2.27. The van der Waals surface area contributed by atoms with Crippen LogP contribution in [0.15, 0.2) is 48.8 Å². The fraction of sp³-hybridized carbons (Fsp3) is 0.333. The zero-order valence-corrected chi connectivity index (χ0v) is 21.1. The van der Waals surface area contributed by atoms with Gasteiger partial charge in [0.25, 0.3) is 11.8 Å². The minimum Gasteiger partial charge on any atom is -0.339 e. The standard InChI is InChI=1S/C27H29N5O2S/c1-17(2)32-24-20(16-29-32)14-21(15-28-24)25(33)30-26-22(27(34)31-12-8-5-9-13-31)18(3)23(35-26)19-10-6-4-7-11-19/h4,6-7,10-11,14-17H,5,8-9,12-13H2,1-3H3,(H,30,33). The molecule has 1 aromatic carbocycles. The Kier molecular flexibility index (Phi) is 6.38. The normalized spacial score (nSPS) is 14.0. The van der Waals surface area contributed by atoms with Crippen molar-refractivity contribution in [2.75, 3.05) is 18.4 Å². The van der Waals surface area contributed by atoms with E-state index in [4.69, 9.17) is 0 Å². The molecular weight excluding hydrogens is 458 g/mol. The zero-order chi connectivity index (χ0) is 24.5. The van der Waals surface area contributed by atoms with Crippen molar-refractivity contribution in [3.8, 4) is 10.4 Å². The number of amides is 2. The molecule has 1 fully saturated rings. The Hall–Kier alpha value is -3.52. The highest BCUT2D eigenvalue weighted by Crippen LogP contribution is 2.41. The number of anilines is 1. The number of carbonyl (C=O) groups excluding carboxylic acids is 2. The van der Waals surface area contributed by atoms with Gasteiger partial charge in [0.1, 0.15) is 5.00 Å². The predicted octanol–water partition coefficient (Wildman–Crippen LogP) is 5.93. The lowest BCUT2D eigenvalue weighted by molar-refractivity contribution is 0.0725. The lowest BCUT2D eigenvalue weighted by atomic mass is 10.0. The van der Waals surface area contributed by atoms with Crippen molar-refractivity contribution in [3.05, 3.63) is 65.5 Å². The summed E-state index contributed by atoms with van der Waals surface area (Å²) in [5.41, 5.74) is 3.71. The molecule has 2 amide bonds. The highest BCUT2D eigenvalue weighted by molar-refractivity contribution is 7.20. The van der Waals surface area contributed by atoms with Gasteiger partial charge in [-0.05, 0) is 57.2 Å². The molecule has 1 aliphatic rings. The summed E-state index contributed by atoms with van der Waals surface area (Å²) >= 11 is 1.45. The molecule has 8 heteroatoms. The van der Waals surface area contributed by atoms with Gasteiger partial charge in [-0.15, -0.1) is 11.3 Å². The molecule has 5 rings (SSSR count). The number of hydrogen-bond donors (Lipinski definition) is 1. The summed E-state index contributed by atoms with van der Waals surface area (Å²) in [5.74, 6) is -0.298. The number of aromatic nitrogens is 3. The molecule has 35 heavy (non-hydrogen) atoms. The molecule has 4 aromatic rings. The van der Waals surface area contributed by atoms with Crippen molar-refractivity contribution >= 4 is 39.2 Å². The molecule has 4 heterocycles. The second kappa shape index (κ2) is 9.62. The third-order valence-electron chi connectivity index (χ3n) is 6.45. The zero-order valence-electron chi connectivity index (χ0n) is 20.2. The molecule has 0 saturated carbocycles. The number of thiophene rings is 1. The number of rotatable bonds is 5. The van der Waals surface area contributed by atoms with Gasteiger partial charge in [-0.3, -0.25) is 9.59 Å². The summed E-state index contributed by atoms with van der Waals surface area (Å²) in [6.07, 6.45) is 6.47. The third-order valence-corrected chi connectivity index (χ3v) is 7.71. The molecule has 0 aliphatic carbocycles. The SMILES string of the molecule is Cc1c(-c2ccccc2)sc(NC(=O)c2cnc3c(cnn3C(C)C)c2)c1C(=O)N1CCCCC1. The first kappa shape index (κ1) is 23.2. The second-order valence-corrected chi connectivity index (χ2v) is 10.3. The molecule has 0 unspecified atom stereocenters. The van der Waals surface area contributed by atoms with Crippen LogP contribution in [0.25, 0.3) is 21.5 Å². The topological polar surface area (TPSA) is 80.1 Å². The first-order chi connectivity index (χ1) is 16.9. The monoisotopic (exact) mass is 487 g/mol. The molecule has 1 aliphatic heterocycles. The Morgan fingerprint density at radius 2 is 1.80 bits per heavy atom. The van der Waals surface area contributed by atoms with Crippen LogP contribution in [-0.4, -0.2) is 44.6 Å². The number of nitrogens with zero attached hydrogens (tertiary/aromatic N) is 4. The second-order valence-electron chi connectivity index (χ2n) is 9.25. The Bertz CT molecular complexity index is 1380. The molecule has 180 valence electrons. The van der Waals surface area contributed by atoms with E-state index in [9.17, 15) is 9.59 Å². The third kappa shape index (κ3) is 4.46. The van der Waals surface area contributed by atoms with Crippen LogP contribution in [-0.2, 0) is 0 Å². The van der Waals surface area contributed by atoms with E-state index in [1.54, 1.807) is 18.5 Å². The summed E-state index contributed by atoms with van der Waals surface area (Å²) in [6.45, 7) is 7.56. The van der Waals surface area contributed by atoms with Crippen LogP contribution in [0.5, 0.6) is 0 Å². The van der Waals surface area contributed by atoms with E-state index in [0.29, 0.717) is 16.1 Å². The number of hydrogen-bond acceptors (Lipinski definition) is 5. The maximum Gasteiger partial charge on any atom is 0.257 e. The molecule has 0 atom stereocenters. The number of piperidine rings is 1. The molecule has 1 saturated heterocycles. The van der Waals surface area contributed by atoms with Gasteiger partial charge in [-0.1, -0.05) is 30.3 Å². The van der Waals surface area contributed by atoms with Crippen LogP contribution in [0.4, 0.5) is 5.00 Å². The van der Waals surface area contributed by atoms with Crippen molar-refractivity contribution < 1.29 is 9.59 Å². The average molecular weight is 488 g/mol. The van der Waals surface area contributed by atoms with E-state index in [1.807, 2.05) is 60.7 Å². The highest BCUT2D eigenvalue weighted by atomic mass is 32.1. The summed E-state index contributed by atoms with van der Waals surface area (Å²) in [4.78, 5) is 34.3. The van der Waals surface area contributed by atoms with E-state index >= 15 is 0 Å². The highest BCUT2D eigenvalue weighted by Gasteiger charge is 2.28. The molecular formula is C27H29N5O2S. The number of benzene rings is 1. The minimum absolute atomic E-state index is 0.0114. The number of pyridine rings is 1. The van der Waals surface area contributed by atoms with E-state index in [0.717, 1.165) is 59.4 Å². The van der Waals surface area contributed by atoms with Crippen molar-refractivity contribution in [2.24, 2.45) is 0 Å². The first-order valence-electron chi connectivity index (χ1n) is 12.1. The van der Waals surface area contributed by atoms with Gasteiger partial charge in [-0.25, -0.2) is 9.67 Å². The van der Waals surface area contributed by atoms with Crippen LogP contribution in [0, 0.1) is 6.92 Å². The van der Waals surface area contributed by atoms with E-state index in [-0.39, 0.29) is 17.9 Å². The largest absolute Gasteiger partial charge is 0.339 e. The van der Waals surface area contributed by atoms with Gasteiger partial charge in [-0.2, -0.15) is 5.10 Å². The van der Waals surface area contributed by atoms with Gasteiger partial charge < -0.3 is 10.2 Å². The Balaban J connectivity index is 1.51. The molecule has 0 radical (unpaired) electrons. The number of likely N-dealkylation sites (tertiary alicyclic amines) is 1. The van der Waals surface area contributed by atoms with Crippen LogP contribution >= 0.6 is 11.3 Å². The van der Waals surface area contributed by atoms with Gasteiger partial charge in [0.15, 0.2) is 5.65 Å². The fourth-order valence-electron chi connectivity index (χ4n) is 4.60. The van der Waals surface area contributed by atoms with Crippen LogP contribution in [0.2, 0.25) is 0 Å². The Morgan fingerprint density at radius 3 is 2.51 bits per heavy atom. The van der Waals surface area contributed by atoms with Crippen molar-refractivity contribution in [2.45, 2.75) is 46.1 Å². The molecule has 3 aromatic heterocycles. The Morgan fingerprint density at radius 1 is 1.06 bits per heavy atom. The van der Waals surface area contributed by atoms with E-state index in [1.165, 1.54) is 11.3 Å². The maximum atomic E-state index is 13.6. The summed E-state index contributed by atoms with van der Waals surface area (Å²) in [7, 11) is 0. The lowest BCUT2D eigenvalue weighted by Crippen LogP contribution is -2.36. The van der Waals surface area contributed by atoms with E-state index in [2.05, 4.69) is 15.4 Å². The number of carbonyl (C=O) groups is 2. The van der Waals surface area contributed by atoms with E-state index < -0.39 is 0 Å². The van der Waals surface area contributed by atoms with Crippen molar-refractivity contribution in [1.29, 1.82) is 0 Å². The molecule has 0 spiro atoms. The van der Waals surface area contributed by atoms with Gasteiger partial charge in [0.05, 0.1) is 17.3 Å². The molecule has 1 N–H and O–H groups in total. The van der Waals surface area contributed by atoms with Crippen LogP contribution in [0.3, 0.4) is 0 Å². The predicted molar refractivity (Wildman–Crippen MR) is 140 cm³/mol. The maximum absolute atomic E-state index is 13.6. The number of nitrogens with one attached hydrogen (secondary N) is 1. The number of fused-ring (bicyclic) bond motifs is 1. The van der Waals surface area contributed by atoms with Gasteiger partial charge >= 0.3 is 0 Å². The molecule has 0 bridgehead atoms. The van der Waals surface area contributed by atoms with Gasteiger partial charge in [0, 0.05) is 35.6 Å². The minimum atomic E-state index is -0.287. The van der Waals surface area contributed by atoms with Gasteiger partial charge in [0.2, 0.25) is 0 Å². The first-order valence-corrected chi connectivity index (χ1v) is 12.9. The average Bonchev–Trinajstić information content (AvgIpc) is 3.45. The van der Waals surface area contributed by atoms with Crippen LogP contribution < -0.4 is 5.32 Å². The Labute approximate surface area is 208 Å². The fourth-order valence-corrected chi connectivity index (χ4v) is 5.80. The molecule has 7 nitrogen and oxygen atoms in total. The summed E-state index contributed by atoms with van der Waals surface area (Å²) in [6, 6.07) is 12.0. The van der Waals surface area contributed by atoms with Crippen LogP contribution in [0.1, 0.15) is 65.4 Å². The summed E-state index contributed by atoms with van der Waals surface area (Å²) in [5, 5.41) is 8.82. The quantitative estimate of drug-likeness (QED) is 0.378. The smallest absolute Gasteiger partial charge is 0.257 e. The van der Waals surface area contributed by atoms with Crippen molar-refractivity contribution in [1.82, 2.24) is 19.7 Å². The van der Waals surface area contributed by atoms with Crippen molar-refractivity contribution in [3.63, 3.8) is 0 Å².